The summed E-state index contributed by atoms with van der Waals surface area (Å²) in [6.07, 6.45) is 3.66. The van der Waals surface area contributed by atoms with E-state index in [1.807, 2.05) is 71.3 Å². The molecule has 8 rings (SSSR count). The third-order valence-corrected chi connectivity index (χ3v) is 10.6. The average molecular weight is 716 g/mol. The Morgan fingerprint density at radius 1 is 0.875 bits per heavy atom. The molecule has 0 fully saturated rings. The van der Waals surface area contributed by atoms with Crippen molar-refractivity contribution >= 4 is 49.8 Å². The number of hydrogen-bond donors (Lipinski definition) is 0. The number of aryl methyl sites for hydroxylation is 1. The fraction of sp³-hybridized carbons (Fsp3) is 0.150. The summed E-state index contributed by atoms with van der Waals surface area (Å²) in [5.41, 5.74) is 7.26. The summed E-state index contributed by atoms with van der Waals surface area (Å²) in [6, 6.07) is 34.4. The molecule has 1 aromatic heterocycles. The molecule has 2 aliphatic rings. The molecular weight excluding hydrogens is 684 g/mol. The van der Waals surface area contributed by atoms with E-state index in [2.05, 4.69) is 58.4 Å². The lowest BCUT2D eigenvalue weighted by Gasteiger charge is -2.31. The molecule has 6 nitrogen and oxygen atoms in total. The quantitative estimate of drug-likeness (QED) is 0.169. The highest BCUT2D eigenvalue weighted by Crippen LogP contribution is 2.43. The molecule has 0 spiro atoms. The molecule has 6 aromatic rings. The summed E-state index contributed by atoms with van der Waals surface area (Å²) in [7, 11) is 3.26. The predicted molar refractivity (Wildman–Crippen MR) is 195 cm³/mol. The number of nitrogens with zero attached hydrogens (tertiary/aromatic N) is 2. The third kappa shape index (κ3) is 5.35. The Bertz CT molecular complexity index is 2430. The van der Waals surface area contributed by atoms with Gasteiger partial charge in [-0.15, -0.1) is 0 Å². The monoisotopic (exact) mass is 714 g/mol. The molecule has 0 unspecified atom stereocenters. The first kappa shape index (κ1) is 30.4. The van der Waals surface area contributed by atoms with Gasteiger partial charge in [-0.3, -0.25) is 9.36 Å². The molecule has 5 aromatic carbocycles. The van der Waals surface area contributed by atoms with E-state index in [-0.39, 0.29) is 11.6 Å². The largest absolute Gasteiger partial charge is 0.493 e. The topological polar surface area (TPSA) is 62.0 Å². The highest BCUT2D eigenvalue weighted by Gasteiger charge is 2.33. The van der Waals surface area contributed by atoms with Crippen LogP contribution >= 0.6 is 27.3 Å². The molecule has 8 heteroatoms. The van der Waals surface area contributed by atoms with E-state index in [1.165, 1.54) is 16.9 Å². The molecular formula is C40H31BrN2O4S. The van der Waals surface area contributed by atoms with Gasteiger partial charge >= 0.3 is 0 Å². The van der Waals surface area contributed by atoms with E-state index in [0.29, 0.717) is 33.2 Å². The van der Waals surface area contributed by atoms with Crippen molar-refractivity contribution < 1.29 is 14.2 Å². The molecule has 0 N–H and O–H groups in total. The van der Waals surface area contributed by atoms with Gasteiger partial charge in [0.2, 0.25) is 0 Å². The van der Waals surface area contributed by atoms with E-state index in [0.717, 1.165) is 61.6 Å². The lowest BCUT2D eigenvalue weighted by Crippen LogP contribution is -2.38. The smallest absolute Gasteiger partial charge is 0.271 e. The standard InChI is InChI=1S/C40H31BrN2O4S/c1-45-34-20-15-27(21-35(34)46-2)38-31-18-13-26-8-4-6-10-30(26)37(31)42-40-43(38)39(44)36(48-40)22-32-29-9-5-3-7-25(29)14-19-33(32)47-23-24-11-16-28(41)17-12-24/h3-12,14-17,19-22,38H,13,18,23H2,1-2H3/b36-22+/t38-/m1/s1. The molecule has 2 heterocycles. The number of halogens is 1. The Balaban J connectivity index is 1.33. The molecule has 0 bridgehead atoms. The number of benzene rings is 5. The Labute approximate surface area is 290 Å². The number of hydrogen-bond acceptors (Lipinski definition) is 6. The van der Waals surface area contributed by atoms with Crippen molar-refractivity contribution in [1.82, 2.24) is 4.57 Å². The van der Waals surface area contributed by atoms with Crippen molar-refractivity contribution in [3.63, 3.8) is 0 Å². The second-order valence-corrected chi connectivity index (χ2v) is 13.8. The number of aromatic nitrogens is 1. The molecule has 0 amide bonds. The maximum Gasteiger partial charge on any atom is 0.271 e. The van der Waals surface area contributed by atoms with E-state index >= 15 is 0 Å². The lowest BCUT2D eigenvalue weighted by molar-refractivity contribution is 0.306. The van der Waals surface area contributed by atoms with Crippen molar-refractivity contribution in [2.45, 2.75) is 25.5 Å². The summed E-state index contributed by atoms with van der Waals surface area (Å²) >= 11 is 4.92. The van der Waals surface area contributed by atoms with Crippen molar-refractivity contribution in [2.24, 2.45) is 4.99 Å². The van der Waals surface area contributed by atoms with Gasteiger partial charge in [0.15, 0.2) is 16.3 Å². The van der Waals surface area contributed by atoms with Gasteiger partial charge in [-0.25, -0.2) is 4.99 Å². The first-order valence-corrected chi connectivity index (χ1v) is 17.4. The van der Waals surface area contributed by atoms with Gasteiger partial charge in [-0.05, 0) is 82.3 Å². The van der Waals surface area contributed by atoms with Gasteiger partial charge in [0.05, 0.1) is 30.5 Å². The molecule has 1 atom stereocenters. The van der Waals surface area contributed by atoms with Gasteiger partial charge in [0, 0.05) is 15.6 Å². The van der Waals surface area contributed by atoms with Crippen LogP contribution in [-0.2, 0) is 13.0 Å². The van der Waals surface area contributed by atoms with E-state index in [1.54, 1.807) is 14.2 Å². The van der Waals surface area contributed by atoms with Crippen molar-refractivity contribution in [3.05, 3.63) is 161 Å². The molecule has 48 heavy (non-hydrogen) atoms. The van der Waals surface area contributed by atoms with Gasteiger partial charge in [-0.2, -0.15) is 0 Å². The summed E-state index contributed by atoms with van der Waals surface area (Å²) in [6.45, 7) is 0.402. The molecule has 238 valence electrons. The molecule has 0 saturated heterocycles. The van der Waals surface area contributed by atoms with Crippen LogP contribution in [0.3, 0.4) is 0 Å². The fourth-order valence-corrected chi connectivity index (χ4v) is 8.02. The summed E-state index contributed by atoms with van der Waals surface area (Å²) in [5, 5.41) is 2.09. The van der Waals surface area contributed by atoms with E-state index in [9.17, 15) is 4.79 Å². The van der Waals surface area contributed by atoms with Crippen LogP contribution in [0.5, 0.6) is 17.2 Å². The Morgan fingerprint density at radius 2 is 1.65 bits per heavy atom. The minimum Gasteiger partial charge on any atom is -0.493 e. The molecule has 1 aliphatic carbocycles. The number of ether oxygens (including phenoxy) is 3. The Morgan fingerprint density at radius 3 is 2.48 bits per heavy atom. The van der Waals surface area contributed by atoms with Gasteiger partial charge in [0.1, 0.15) is 12.4 Å². The number of thiazole rings is 1. The van der Waals surface area contributed by atoms with Crippen LogP contribution in [0.2, 0.25) is 0 Å². The minimum absolute atomic E-state index is 0.0873. The van der Waals surface area contributed by atoms with Crippen LogP contribution in [0.1, 0.15) is 40.3 Å². The first-order chi connectivity index (χ1) is 23.5. The maximum absolute atomic E-state index is 14.6. The van der Waals surface area contributed by atoms with Crippen LogP contribution in [0, 0.1) is 0 Å². The fourth-order valence-electron chi connectivity index (χ4n) is 6.77. The average Bonchev–Trinajstić information content (AvgIpc) is 3.44. The second-order valence-electron chi connectivity index (χ2n) is 11.8. The number of fused-ring (bicyclic) bond motifs is 4. The van der Waals surface area contributed by atoms with E-state index < -0.39 is 0 Å². The summed E-state index contributed by atoms with van der Waals surface area (Å²) in [5.74, 6) is 1.98. The van der Waals surface area contributed by atoms with Crippen LogP contribution in [0.4, 0.5) is 0 Å². The zero-order valence-electron chi connectivity index (χ0n) is 26.4. The maximum atomic E-state index is 14.6. The SMILES string of the molecule is COc1ccc([C@@H]2C3=C(N=c4s/c(=C/c5c(OCc6ccc(Br)cc6)ccc6ccccc56)c(=O)n42)c2ccccc2CC3)cc1OC. The third-order valence-electron chi connectivity index (χ3n) is 9.11. The zero-order chi connectivity index (χ0) is 32.8. The van der Waals surface area contributed by atoms with Crippen LogP contribution in [0.25, 0.3) is 22.5 Å². The highest BCUT2D eigenvalue weighted by molar-refractivity contribution is 9.10. The molecule has 0 radical (unpaired) electrons. The predicted octanol–water partition coefficient (Wildman–Crippen LogP) is 7.83. The second kappa shape index (κ2) is 12.6. The first-order valence-electron chi connectivity index (χ1n) is 15.8. The van der Waals surface area contributed by atoms with Crippen LogP contribution in [-0.4, -0.2) is 18.8 Å². The zero-order valence-corrected chi connectivity index (χ0v) is 28.8. The Kier molecular flexibility index (Phi) is 7.98. The van der Waals surface area contributed by atoms with Gasteiger partial charge < -0.3 is 14.2 Å². The normalized spacial score (nSPS) is 15.4. The van der Waals surface area contributed by atoms with Crippen molar-refractivity contribution in [3.8, 4) is 17.2 Å². The summed E-state index contributed by atoms with van der Waals surface area (Å²) < 4.78 is 21.2. The molecule has 1 aliphatic heterocycles. The summed E-state index contributed by atoms with van der Waals surface area (Å²) in [4.78, 5) is 20.5. The lowest BCUT2D eigenvalue weighted by atomic mass is 9.83. The van der Waals surface area contributed by atoms with E-state index in [4.69, 9.17) is 19.2 Å². The number of allylic oxidation sites excluding steroid dienone is 1. The van der Waals surface area contributed by atoms with Crippen molar-refractivity contribution in [1.29, 1.82) is 0 Å². The molecule has 0 saturated carbocycles. The van der Waals surface area contributed by atoms with Crippen LogP contribution < -0.4 is 29.1 Å². The van der Waals surface area contributed by atoms with Gasteiger partial charge in [0.25, 0.3) is 5.56 Å². The highest BCUT2D eigenvalue weighted by atomic mass is 79.9. The minimum atomic E-state index is -0.341. The number of methoxy groups -OCH3 is 2. The number of rotatable bonds is 7. The van der Waals surface area contributed by atoms with Crippen molar-refractivity contribution in [2.75, 3.05) is 14.2 Å². The van der Waals surface area contributed by atoms with Crippen LogP contribution in [0.15, 0.2) is 123 Å². The Hall–Kier alpha value is -4.92. The van der Waals surface area contributed by atoms with Gasteiger partial charge in [-0.1, -0.05) is 100 Å².